The third-order valence-corrected chi connectivity index (χ3v) is 3.24. The third-order valence-electron chi connectivity index (χ3n) is 3.24. The molecule has 18 heavy (non-hydrogen) atoms. The average Bonchev–Trinajstić information content (AvgIpc) is 2.35. The molecular weight excluding hydrogens is 230 g/mol. The van der Waals surface area contributed by atoms with Crippen LogP contribution in [-0.2, 0) is 9.59 Å². The Bertz CT molecular complexity index is 294. The molecule has 0 bridgehead atoms. The standard InChI is InChI=1S/C13H25N3O2/c1-4-5-15-12(17)10(3)16-13(18)11-6-9(2)7-14-8-11/h9-11,14H,4-8H2,1-3H3,(H,15,17)(H,16,18). The van der Waals surface area contributed by atoms with Crippen LogP contribution < -0.4 is 16.0 Å². The lowest BCUT2D eigenvalue weighted by Gasteiger charge is -2.27. The van der Waals surface area contributed by atoms with Crippen LogP contribution in [0.4, 0.5) is 0 Å². The maximum atomic E-state index is 12.0. The molecule has 1 saturated heterocycles. The zero-order valence-electron chi connectivity index (χ0n) is 11.6. The Labute approximate surface area is 109 Å². The predicted molar refractivity (Wildman–Crippen MR) is 71.0 cm³/mol. The lowest BCUT2D eigenvalue weighted by molar-refractivity contribution is -0.131. The van der Waals surface area contributed by atoms with E-state index in [9.17, 15) is 9.59 Å². The number of carbonyl (C=O) groups is 2. The molecule has 1 aliphatic heterocycles. The number of rotatable bonds is 5. The van der Waals surface area contributed by atoms with Crippen molar-refractivity contribution in [2.75, 3.05) is 19.6 Å². The van der Waals surface area contributed by atoms with Crippen LogP contribution >= 0.6 is 0 Å². The van der Waals surface area contributed by atoms with E-state index in [-0.39, 0.29) is 17.7 Å². The van der Waals surface area contributed by atoms with E-state index in [0.717, 1.165) is 19.4 Å². The molecular formula is C13H25N3O2. The molecule has 0 aromatic heterocycles. The van der Waals surface area contributed by atoms with Crippen LogP contribution in [-0.4, -0.2) is 37.5 Å². The summed E-state index contributed by atoms with van der Waals surface area (Å²) in [5.41, 5.74) is 0. The van der Waals surface area contributed by atoms with E-state index in [0.29, 0.717) is 19.0 Å². The summed E-state index contributed by atoms with van der Waals surface area (Å²) in [6, 6.07) is -0.457. The van der Waals surface area contributed by atoms with Gasteiger partial charge >= 0.3 is 0 Å². The third kappa shape index (κ3) is 4.64. The van der Waals surface area contributed by atoms with Crippen LogP contribution in [0.5, 0.6) is 0 Å². The van der Waals surface area contributed by atoms with Gasteiger partial charge in [-0.2, -0.15) is 0 Å². The lowest BCUT2D eigenvalue weighted by atomic mass is 9.91. The van der Waals surface area contributed by atoms with Gasteiger partial charge in [0, 0.05) is 13.1 Å². The first-order valence-electron chi connectivity index (χ1n) is 6.83. The Morgan fingerprint density at radius 3 is 2.72 bits per heavy atom. The summed E-state index contributed by atoms with van der Waals surface area (Å²) >= 11 is 0. The number of nitrogens with one attached hydrogen (secondary N) is 3. The van der Waals surface area contributed by atoms with E-state index >= 15 is 0 Å². The molecule has 0 aromatic carbocycles. The van der Waals surface area contributed by atoms with Gasteiger partial charge in [0.15, 0.2) is 0 Å². The van der Waals surface area contributed by atoms with E-state index in [1.165, 1.54) is 0 Å². The van der Waals surface area contributed by atoms with E-state index < -0.39 is 6.04 Å². The highest BCUT2D eigenvalue weighted by Crippen LogP contribution is 2.15. The number of carbonyl (C=O) groups excluding carboxylic acids is 2. The summed E-state index contributed by atoms with van der Waals surface area (Å²) in [7, 11) is 0. The second-order valence-electron chi connectivity index (χ2n) is 5.22. The van der Waals surface area contributed by atoms with Gasteiger partial charge in [0.1, 0.15) is 6.04 Å². The summed E-state index contributed by atoms with van der Waals surface area (Å²) in [5, 5.41) is 8.81. The van der Waals surface area contributed by atoms with Gasteiger partial charge < -0.3 is 16.0 Å². The Kier molecular flexibility index (Phi) is 6.12. The van der Waals surface area contributed by atoms with Crippen molar-refractivity contribution in [3.63, 3.8) is 0 Å². The first kappa shape index (κ1) is 15.0. The van der Waals surface area contributed by atoms with E-state index in [1.807, 2.05) is 6.92 Å². The molecule has 5 heteroatoms. The van der Waals surface area contributed by atoms with Gasteiger partial charge in [0.25, 0.3) is 0 Å². The van der Waals surface area contributed by atoms with Gasteiger partial charge in [-0.1, -0.05) is 13.8 Å². The average molecular weight is 255 g/mol. The van der Waals surface area contributed by atoms with Gasteiger partial charge in [-0.3, -0.25) is 9.59 Å². The zero-order valence-corrected chi connectivity index (χ0v) is 11.6. The Balaban J connectivity index is 2.36. The molecule has 3 N–H and O–H groups in total. The van der Waals surface area contributed by atoms with Gasteiger partial charge in [0.05, 0.1) is 5.92 Å². The molecule has 1 aliphatic rings. The van der Waals surface area contributed by atoms with Crippen LogP contribution in [0.1, 0.15) is 33.6 Å². The Morgan fingerprint density at radius 2 is 2.11 bits per heavy atom. The molecule has 0 radical (unpaired) electrons. The van der Waals surface area contributed by atoms with Gasteiger partial charge in [-0.05, 0) is 32.2 Å². The summed E-state index contributed by atoms with van der Waals surface area (Å²) in [6.45, 7) is 8.18. The molecule has 0 aromatic rings. The first-order valence-corrected chi connectivity index (χ1v) is 6.83. The van der Waals surface area contributed by atoms with Crippen LogP contribution in [0.3, 0.4) is 0 Å². The maximum absolute atomic E-state index is 12.0. The van der Waals surface area contributed by atoms with Crippen molar-refractivity contribution in [3.05, 3.63) is 0 Å². The fourth-order valence-corrected chi connectivity index (χ4v) is 2.15. The molecule has 5 nitrogen and oxygen atoms in total. The SMILES string of the molecule is CCCNC(=O)C(C)NC(=O)C1CNCC(C)C1. The predicted octanol–water partition coefficient (Wildman–Crippen LogP) is 0.263. The topological polar surface area (TPSA) is 70.2 Å². The highest BCUT2D eigenvalue weighted by Gasteiger charge is 2.26. The van der Waals surface area contributed by atoms with E-state index in [4.69, 9.17) is 0 Å². The van der Waals surface area contributed by atoms with E-state index in [2.05, 4.69) is 22.9 Å². The van der Waals surface area contributed by atoms with Crippen molar-refractivity contribution in [2.45, 2.75) is 39.7 Å². The van der Waals surface area contributed by atoms with Gasteiger partial charge in [0.2, 0.25) is 11.8 Å². The second kappa shape index (κ2) is 7.36. The molecule has 0 spiro atoms. The largest absolute Gasteiger partial charge is 0.354 e. The van der Waals surface area contributed by atoms with Crippen LogP contribution in [0.15, 0.2) is 0 Å². The summed E-state index contributed by atoms with van der Waals surface area (Å²) in [4.78, 5) is 23.6. The van der Waals surface area contributed by atoms with E-state index in [1.54, 1.807) is 6.92 Å². The number of amides is 2. The quantitative estimate of drug-likeness (QED) is 0.660. The number of hydrogen-bond donors (Lipinski definition) is 3. The second-order valence-corrected chi connectivity index (χ2v) is 5.22. The van der Waals surface area contributed by atoms with Crippen LogP contribution in [0.25, 0.3) is 0 Å². The molecule has 1 fully saturated rings. The minimum Gasteiger partial charge on any atom is -0.354 e. The Morgan fingerprint density at radius 1 is 1.39 bits per heavy atom. The van der Waals surface area contributed by atoms with Gasteiger partial charge in [-0.25, -0.2) is 0 Å². The van der Waals surface area contributed by atoms with Crippen molar-refractivity contribution in [2.24, 2.45) is 11.8 Å². The molecule has 1 heterocycles. The van der Waals surface area contributed by atoms with Crippen molar-refractivity contribution in [3.8, 4) is 0 Å². The van der Waals surface area contributed by atoms with Crippen molar-refractivity contribution >= 4 is 11.8 Å². The summed E-state index contributed by atoms with van der Waals surface area (Å²) in [5.74, 6) is 0.365. The molecule has 2 amide bonds. The lowest BCUT2D eigenvalue weighted by Crippen LogP contribution is -2.50. The van der Waals surface area contributed by atoms with Crippen molar-refractivity contribution < 1.29 is 9.59 Å². The zero-order chi connectivity index (χ0) is 13.5. The monoisotopic (exact) mass is 255 g/mol. The smallest absolute Gasteiger partial charge is 0.242 e. The molecule has 104 valence electrons. The van der Waals surface area contributed by atoms with Crippen LogP contribution in [0.2, 0.25) is 0 Å². The minimum absolute atomic E-state index is 0.0184. The summed E-state index contributed by atoms with van der Waals surface area (Å²) in [6.07, 6.45) is 1.79. The molecule has 3 unspecified atom stereocenters. The molecule has 3 atom stereocenters. The van der Waals surface area contributed by atoms with Crippen molar-refractivity contribution in [1.82, 2.24) is 16.0 Å². The fourth-order valence-electron chi connectivity index (χ4n) is 2.15. The van der Waals surface area contributed by atoms with Crippen LogP contribution in [0, 0.1) is 11.8 Å². The highest BCUT2D eigenvalue weighted by atomic mass is 16.2. The summed E-state index contributed by atoms with van der Waals surface area (Å²) < 4.78 is 0. The number of hydrogen-bond acceptors (Lipinski definition) is 3. The molecule has 1 rings (SSSR count). The molecule has 0 saturated carbocycles. The van der Waals surface area contributed by atoms with Crippen molar-refractivity contribution in [1.29, 1.82) is 0 Å². The van der Waals surface area contributed by atoms with Gasteiger partial charge in [-0.15, -0.1) is 0 Å². The normalized spacial score (nSPS) is 25.3. The highest BCUT2D eigenvalue weighted by molar-refractivity contribution is 5.88. The molecule has 0 aliphatic carbocycles. The first-order chi connectivity index (χ1) is 8.54. The fraction of sp³-hybridized carbons (Fsp3) is 0.846. The minimum atomic E-state index is -0.457. The Hall–Kier alpha value is -1.10. The maximum Gasteiger partial charge on any atom is 0.242 e. The number of piperidine rings is 1.